The first-order chi connectivity index (χ1) is 16.5. The van der Waals surface area contributed by atoms with Crippen LogP contribution in [0.5, 0.6) is 0 Å². The van der Waals surface area contributed by atoms with Crippen molar-refractivity contribution in [1.29, 1.82) is 0 Å². The molecule has 4 rings (SSSR count). The van der Waals surface area contributed by atoms with Gasteiger partial charge < -0.3 is 20.1 Å². The molecule has 34 heavy (non-hydrogen) atoms. The van der Waals surface area contributed by atoms with E-state index in [-0.39, 0.29) is 18.0 Å². The number of aromatic nitrogens is 4. The molecule has 0 unspecified atom stereocenters. The largest absolute Gasteiger partial charge is 0.338 e. The van der Waals surface area contributed by atoms with Gasteiger partial charge in [0.1, 0.15) is 17.8 Å². The SMILES string of the molecule is CCCCNC(=O)N1CCc2ccc(C(=O)Nc3cccc(-c4nncn4C(C)C)n3)cc2C1. The summed E-state index contributed by atoms with van der Waals surface area (Å²) in [6.07, 6.45) is 4.45. The highest BCUT2D eigenvalue weighted by Crippen LogP contribution is 2.22. The van der Waals surface area contributed by atoms with E-state index in [0.717, 1.165) is 24.8 Å². The maximum Gasteiger partial charge on any atom is 0.317 e. The molecule has 2 aromatic heterocycles. The number of urea groups is 1. The van der Waals surface area contributed by atoms with Crippen LogP contribution in [0.1, 0.15) is 61.1 Å². The van der Waals surface area contributed by atoms with Crippen molar-refractivity contribution in [2.24, 2.45) is 0 Å². The summed E-state index contributed by atoms with van der Waals surface area (Å²) >= 11 is 0. The number of nitrogens with one attached hydrogen (secondary N) is 2. The third-order valence-electron chi connectivity index (χ3n) is 5.92. The van der Waals surface area contributed by atoms with Crippen molar-refractivity contribution in [2.45, 2.75) is 52.6 Å². The lowest BCUT2D eigenvalue weighted by atomic mass is 9.97. The average Bonchev–Trinajstić information content (AvgIpc) is 3.34. The van der Waals surface area contributed by atoms with Crippen molar-refractivity contribution >= 4 is 17.8 Å². The standard InChI is InChI=1S/C25H31N7O2/c1-4-5-12-26-25(34)31-13-11-18-9-10-19(14-20(18)15-31)24(33)29-22-8-6-7-21(28-22)23-30-27-16-32(23)17(2)3/h6-10,14,16-17H,4-5,11-13,15H2,1-3H3,(H,26,34)(H,28,29,33). The van der Waals surface area contributed by atoms with Crippen LogP contribution in [0.4, 0.5) is 10.6 Å². The maximum atomic E-state index is 13.0. The van der Waals surface area contributed by atoms with Crippen LogP contribution in [-0.4, -0.2) is 49.7 Å². The Morgan fingerprint density at radius 2 is 2.00 bits per heavy atom. The molecule has 3 amide bonds. The van der Waals surface area contributed by atoms with Crippen molar-refractivity contribution < 1.29 is 9.59 Å². The van der Waals surface area contributed by atoms with Crippen LogP contribution in [0.3, 0.4) is 0 Å². The van der Waals surface area contributed by atoms with E-state index in [1.165, 1.54) is 5.56 Å². The molecule has 3 aromatic rings. The molecule has 0 aliphatic carbocycles. The first-order valence-corrected chi connectivity index (χ1v) is 11.8. The third-order valence-corrected chi connectivity index (χ3v) is 5.92. The Hall–Kier alpha value is -3.75. The van der Waals surface area contributed by atoms with Gasteiger partial charge in [-0.1, -0.05) is 25.5 Å². The van der Waals surface area contributed by atoms with Crippen LogP contribution in [0.2, 0.25) is 0 Å². The Morgan fingerprint density at radius 1 is 1.15 bits per heavy atom. The first kappa shape index (κ1) is 23.4. The van der Waals surface area contributed by atoms with E-state index in [9.17, 15) is 9.59 Å². The van der Waals surface area contributed by atoms with Crippen molar-refractivity contribution in [3.05, 3.63) is 59.4 Å². The fourth-order valence-corrected chi connectivity index (χ4v) is 3.98. The number of rotatable bonds is 7. The highest BCUT2D eigenvalue weighted by Gasteiger charge is 2.22. The second kappa shape index (κ2) is 10.5. The molecule has 1 aliphatic heterocycles. The number of carbonyl (C=O) groups excluding carboxylic acids is 2. The quantitative estimate of drug-likeness (QED) is 0.517. The lowest BCUT2D eigenvalue weighted by Crippen LogP contribution is -2.43. The number of nitrogens with zero attached hydrogens (tertiary/aromatic N) is 5. The second-order valence-corrected chi connectivity index (χ2v) is 8.76. The van der Waals surface area contributed by atoms with E-state index in [4.69, 9.17) is 0 Å². The van der Waals surface area contributed by atoms with E-state index >= 15 is 0 Å². The van der Waals surface area contributed by atoms with Gasteiger partial charge in [-0.3, -0.25) is 4.79 Å². The topological polar surface area (TPSA) is 105 Å². The Morgan fingerprint density at radius 3 is 2.79 bits per heavy atom. The van der Waals surface area contributed by atoms with Gasteiger partial charge in [-0.05, 0) is 62.1 Å². The number of amides is 3. The van der Waals surface area contributed by atoms with Gasteiger partial charge >= 0.3 is 6.03 Å². The number of unbranched alkanes of at least 4 members (excludes halogenated alkanes) is 1. The van der Waals surface area contributed by atoms with E-state index in [0.29, 0.717) is 42.5 Å². The average molecular weight is 462 g/mol. The Balaban J connectivity index is 1.46. The molecule has 9 nitrogen and oxygen atoms in total. The van der Waals surface area contributed by atoms with Gasteiger partial charge in [0, 0.05) is 31.2 Å². The summed E-state index contributed by atoms with van der Waals surface area (Å²) in [6, 6.07) is 11.2. The molecule has 2 N–H and O–H groups in total. The molecule has 0 saturated heterocycles. The van der Waals surface area contributed by atoms with Crippen LogP contribution in [0, 0.1) is 0 Å². The molecular weight excluding hydrogens is 430 g/mol. The zero-order valence-corrected chi connectivity index (χ0v) is 19.9. The molecule has 1 aromatic carbocycles. The Kier molecular flexibility index (Phi) is 7.20. The molecule has 0 bridgehead atoms. The van der Waals surface area contributed by atoms with Crippen molar-refractivity contribution in [3.63, 3.8) is 0 Å². The molecule has 0 fully saturated rings. The maximum absolute atomic E-state index is 13.0. The summed E-state index contributed by atoms with van der Waals surface area (Å²) in [5.41, 5.74) is 3.34. The number of anilines is 1. The van der Waals surface area contributed by atoms with Crippen LogP contribution in [0.15, 0.2) is 42.7 Å². The number of carbonyl (C=O) groups is 2. The zero-order valence-electron chi connectivity index (χ0n) is 19.9. The summed E-state index contributed by atoms with van der Waals surface area (Å²) in [6.45, 7) is 8.04. The second-order valence-electron chi connectivity index (χ2n) is 8.76. The van der Waals surface area contributed by atoms with Gasteiger partial charge in [-0.25, -0.2) is 9.78 Å². The molecule has 178 valence electrons. The van der Waals surface area contributed by atoms with Crippen LogP contribution in [0.25, 0.3) is 11.5 Å². The lowest BCUT2D eigenvalue weighted by Gasteiger charge is -2.29. The number of benzene rings is 1. The minimum Gasteiger partial charge on any atom is -0.338 e. The predicted octanol–water partition coefficient (Wildman–Crippen LogP) is 4.04. The molecule has 0 atom stereocenters. The summed E-state index contributed by atoms with van der Waals surface area (Å²) < 4.78 is 1.93. The van der Waals surface area contributed by atoms with Gasteiger partial charge in [0.2, 0.25) is 0 Å². The number of hydrogen-bond acceptors (Lipinski definition) is 5. The van der Waals surface area contributed by atoms with E-state index in [1.807, 2.05) is 48.7 Å². The minimum atomic E-state index is -0.248. The predicted molar refractivity (Wildman–Crippen MR) is 130 cm³/mol. The van der Waals surface area contributed by atoms with Crippen LogP contribution < -0.4 is 10.6 Å². The fraction of sp³-hybridized carbons (Fsp3) is 0.400. The Labute approximate surface area is 199 Å². The van der Waals surface area contributed by atoms with E-state index in [2.05, 4.69) is 32.7 Å². The molecular formula is C25H31N7O2. The van der Waals surface area contributed by atoms with Crippen molar-refractivity contribution in [1.82, 2.24) is 30.0 Å². The molecule has 0 radical (unpaired) electrons. The molecule has 0 saturated carbocycles. The van der Waals surface area contributed by atoms with Gasteiger partial charge in [0.15, 0.2) is 5.82 Å². The summed E-state index contributed by atoms with van der Waals surface area (Å²) in [5.74, 6) is 0.843. The molecule has 9 heteroatoms. The normalized spacial score (nSPS) is 13.0. The number of hydrogen-bond donors (Lipinski definition) is 2. The minimum absolute atomic E-state index is 0.0517. The van der Waals surface area contributed by atoms with E-state index in [1.54, 1.807) is 17.3 Å². The summed E-state index contributed by atoms with van der Waals surface area (Å²) in [7, 11) is 0. The zero-order chi connectivity index (χ0) is 24.1. The van der Waals surface area contributed by atoms with Crippen LogP contribution >= 0.6 is 0 Å². The number of fused-ring (bicyclic) bond motifs is 1. The van der Waals surface area contributed by atoms with Gasteiger partial charge in [-0.2, -0.15) is 0 Å². The van der Waals surface area contributed by atoms with Gasteiger partial charge in [-0.15, -0.1) is 10.2 Å². The molecule has 0 spiro atoms. The lowest BCUT2D eigenvalue weighted by molar-refractivity contribution is 0.102. The first-order valence-electron chi connectivity index (χ1n) is 11.8. The molecule has 1 aliphatic rings. The van der Waals surface area contributed by atoms with Gasteiger partial charge in [0.05, 0.1) is 0 Å². The fourth-order valence-electron chi connectivity index (χ4n) is 3.98. The summed E-state index contributed by atoms with van der Waals surface area (Å²) in [5, 5.41) is 14.0. The highest BCUT2D eigenvalue weighted by atomic mass is 16.2. The smallest absolute Gasteiger partial charge is 0.317 e. The summed E-state index contributed by atoms with van der Waals surface area (Å²) in [4.78, 5) is 31.8. The monoisotopic (exact) mass is 461 g/mol. The number of pyridine rings is 1. The van der Waals surface area contributed by atoms with E-state index < -0.39 is 0 Å². The Bertz CT molecular complexity index is 1170. The van der Waals surface area contributed by atoms with Crippen LogP contribution in [-0.2, 0) is 13.0 Å². The molecule has 3 heterocycles. The van der Waals surface area contributed by atoms with Crippen molar-refractivity contribution in [3.8, 4) is 11.5 Å². The third kappa shape index (κ3) is 5.24. The van der Waals surface area contributed by atoms with Crippen molar-refractivity contribution in [2.75, 3.05) is 18.4 Å². The van der Waals surface area contributed by atoms with Gasteiger partial charge in [0.25, 0.3) is 5.91 Å². The highest BCUT2D eigenvalue weighted by molar-refractivity contribution is 6.04.